The second-order valence-corrected chi connectivity index (χ2v) is 7.45. The molecule has 1 atom stereocenters. The highest BCUT2D eigenvalue weighted by atomic mass is 35.5. The summed E-state index contributed by atoms with van der Waals surface area (Å²) < 4.78 is 2.12. The molecule has 0 radical (unpaired) electrons. The van der Waals surface area contributed by atoms with E-state index in [0.29, 0.717) is 5.92 Å². The fourth-order valence-electron chi connectivity index (χ4n) is 2.75. The van der Waals surface area contributed by atoms with E-state index in [1.54, 1.807) is 0 Å². The van der Waals surface area contributed by atoms with Gasteiger partial charge in [-0.3, -0.25) is 0 Å². The normalized spacial score (nSPS) is 12.6. The van der Waals surface area contributed by atoms with Gasteiger partial charge in [0, 0.05) is 39.8 Å². The van der Waals surface area contributed by atoms with Crippen LogP contribution in [0.25, 0.3) is 0 Å². The van der Waals surface area contributed by atoms with Crippen LogP contribution in [0.3, 0.4) is 0 Å². The van der Waals surface area contributed by atoms with Crippen LogP contribution in [0.15, 0.2) is 23.6 Å². The van der Waals surface area contributed by atoms with Gasteiger partial charge in [-0.2, -0.15) is 0 Å². The third kappa shape index (κ3) is 3.47. The molecule has 5 heteroatoms. The van der Waals surface area contributed by atoms with Gasteiger partial charge in [-0.25, -0.2) is 4.98 Å². The van der Waals surface area contributed by atoms with Crippen molar-refractivity contribution >= 4 is 35.0 Å². The average molecular weight is 357 g/mol. The van der Waals surface area contributed by atoms with Crippen LogP contribution in [0.4, 0.5) is 0 Å². The summed E-state index contributed by atoms with van der Waals surface area (Å²) in [6, 6.07) is 0. The van der Waals surface area contributed by atoms with E-state index < -0.39 is 0 Å². The van der Waals surface area contributed by atoms with Crippen molar-refractivity contribution in [1.29, 1.82) is 0 Å². The Balaban J connectivity index is 2.55. The second-order valence-electron chi connectivity index (χ2n) is 5.42. The van der Waals surface area contributed by atoms with Crippen molar-refractivity contribution in [2.75, 3.05) is 5.75 Å². The molecule has 0 aliphatic rings. The summed E-state index contributed by atoms with van der Waals surface area (Å²) in [4.78, 5) is 5.38. The molecule has 0 fully saturated rings. The largest absolute Gasteiger partial charge is 0.337 e. The Morgan fingerprint density at radius 3 is 2.45 bits per heavy atom. The van der Waals surface area contributed by atoms with E-state index in [1.807, 2.05) is 37.4 Å². The van der Waals surface area contributed by atoms with E-state index in [-0.39, 0.29) is 0 Å². The Morgan fingerprint density at radius 1 is 1.18 bits per heavy atom. The molecule has 120 valence electrons. The molecular formula is C17H22Cl2N2S. The zero-order valence-corrected chi connectivity index (χ0v) is 15.8. The quantitative estimate of drug-likeness (QED) is 0.580. The Labute approximate surface area is 147 Å². The Morgan fingerprint density at radius 2 is 1.91 bits per heavy atom. The fourth-order valence-corrected chi connectivity index (χ4v) is 4.47. The molecular weight excluding hydrogens is 335 g/mol. The maximum atomic E-state index is 6.70. The molecule has 0 bridgehead atoms. The van der Waals surface area contributed by atoms with Crippen LogP contribution in [0.5, 0.6) is 0 Å². The van der Waals surface area contributed by atoms with Crippen LogP contribution in [-0.4, -0.2) is 15.3 Å². The van der Waals surface area contributed by atoms with Crippen LogP contribution in [0.1, 0.15) is 42.9 Å². The van der Waals surface area contributed by atoms with Crippen molar-refractivity contribution in [2.45, 2.75) is 51.5 Å². The molecule has 0 spiro atoms. The van der Waals surface area contributed by atoms with Gasteiger partial charge in [0.05, 0.1) is 6.33 Å². The van der Waals surface area contributed by atoms with E-state index in [9.17, 15) is 0 Å². The number of benzene rings is 1. The van der Waals surface area contributed by atoms with Gasteiger partial charge < -0.3 is 4.57 Å². The van der Waals surface area contributed by atoms with E-state index in [0.717, 1.165) is 39.9 Å². The maximum Gasteiger partial charge on any atom is 0.0946 e. The number of halogens is 2. The van der Waals surface area contributed by atoms with Gasteiger partial charge in [0.2, 0.25) is 0 Å². The van der Waals surface area contributed by atoms with Gasteiger partial charge >= 0.3 is 0 Å². The lowest BCUT2D eigenvalue weighted by Crippen LogP contribution is -2.11. The summed E-state index contributed by atoms with van der Waals surface area (Å²) in [6.07, 6.45) is 6.70. The first-order valence-electron chi connectivity index (χ1n) is 7.57. The van der Waals surface area contributed by atoms with Crippen molar-refractivity contribution in [3.63, 3.8) is 0 Å². The van der Waals surface area contributed by atoms with Crippen LogP contribution in [-0.2, 0) is 6.54 Å². The number of thioether (sulfide) groups is 1. The van der Waals surface area contributed by atoms with Crippen LogP contribution in [0.2, 0.25) is 10.0 Å². The minimum absolute atomic E-state index is 0.352. The molecule has 2 nitrogen and oxygen atoms in total. The first-order valence-corrected chi connectivity index (χ1v) is 9.31. The summed E-state index contributed by atoms with van der Waals surface area (Å²) in [7, 11) is 0. The number of nitrogens with zero attached hydrogens (tertiary/aromatic N) is 2. The number of hydrogen-bond acceptors (Lipinski definition) is 2. The highest BCUT2D eigenvalue weighted by Crippen LogP contribution is 2.44. The number of imidazole rings is 1. The van der Waals surface area contributed by atoms with Crippen LogP contribution < -0.4 is 0 Å². The average Bonchev–Trinajstić information content (AvgIpc) is 3.02. The standard InChI is InChI=1S/C17H22Cl2N2S/c1-5-13(9-21-8-7-20-10-21)14-16(19)11(3)15(18)12(4)17(14)22-6-2/h7-8,10,13H,5-6,9H2,1-4H3. The number of hydrogen-bond donors (Lipinski definition) is 0. The highest BCUT2D eigenvalue weighted by Gasteiger charge is 2.23. The minimum atomic E-state index is 0.352. The van der Waals surface area contributed by atoms with E-state index in [1.165, 1.54) is 10.5 Å². The van der Waals surface area contributed by atoms with Gasteiger partial charge in [0.15, 0.2) is 0 Å². The lowest BCUT2D eigenvalue weighted by molar-refractivity contribution is 0.537. The fraction of sp³-hybridized carbons (Fsp3) is 0.471. The summed E-state index contributed by atoms with van der Waals surface area (Å²) in [5.41, 5.74) is 3.37. The predicted molar refractivity (Wildman–Crippen MR) is 97.6 cm³/mol. The Hall–Kier alpha value is -0.640. The smallest absolute Gasteiger partial charge is 0.0946 e. The SMILES string of the molecule is CCSc1c(C)c(Cl)c(C)c(Cl)c1C(CC)Cn1ccnc1. The summed E-state index contributed by atoms with van der Waals surface area (Å²) in [5, 5.41) is 1.61. The summed E-state index contributed by atoms with van der Waals surface area (Å²) >= 11 is 15.0. The molecule has 2 aromatic rings. The lowest BCUT2D eigenvalue weighted by Gasteiger charge is -2.24. The van der Waals surface area contributed by atoms with E-state index in [4.69, 9.17) is 23.2 Å². The molecule has 1 aromatic carbocycles. The molecule has 0 saturated heterocycles. The Kier molecular flexibility index (Phi) is 6.25. The maximum absolute atomic E-state index is 6.70. The Bertz CT molecular complexity index is 639. The van der Waals surface area contributed by atoms with Gasteiger partial charge in [0.25, 0.3) is 0 Å². The molecule has 22 heavy (non-hydrogen) atoms. The van der Waals surface area contributed by atoms with Crippen molar-refractivity contribution in [2.24, 2.45) is 0 Å². The zero-order chi connectivity index (χ0) is 16.3. The monoisotopic (exact) mass is 356 g/mol. The second kappa shape index (κ2) is 7.76. The predicted octanol–water partition coefficient (Wildman–Crippen LogP) is 6.11. The van der Waals surface area contributed by atoms with E-state index in [2.05, 4.69) is 30.3 Å². The van der Waals surface area contributed by atoms with Crippen molar-refractivity contribution in [3.05, 3.63) is 45.5 Å². The molecule has 1 aromatic heterocycles. The lowest BCUT2D eigenvalue weighted by atomic mass is 9.92. The summed E-state index contributed by atoms with van der Waals surface area (Å²) in [6.45, 7) is 9.35. The van der Waals surface area contributed by atoms with Gasteiger partial charge in [-0.15, -0.1) is 11.8 Å². The minimum Gasteiger partial charge on any atom is -0.337 e. The molecule has 0 aliphatic heterocycles. The molecule has 0 aliphatic carbocycles. The van der Waals surface area contributed by atoms with Gasteiger partial charge in [0.1, 0.15) is 0 Å². The first kappa shape index (κ1) is 17.7. The third-order valence-electron chi connectivity index (χ3n) is 3.99. The van der Waals surface area contributed by atoms with E-state index >= 15 is 0 Å². The number of aromatic nitrogens is 2. The van der Waals surface area contributed by atoms with Crippen LogP contribution in [0, 0.1) is 13.8 Å². The molecule has 0 N–H and O–H groups in total. The molecule has 1 unspecified atom stereocenters. The first-order chi connectivity index (χ1) is 10.5. The van der Waals surface area contributed by atoms with Gasteiger partial charge in [-0.1, -0.05) is 37.0 Å². The van der Waals surface area contributed by atoms with Crippen molar-refractivity contribution in [1.82, 2.24) is 9.55 Å². The zero-order valence-electron chi connectivity index (χ0n) is 13.5. The topological polar surface area (TPSA) is 17.8 Å². The highest BCUT2D eigenvalue weighted by molar-refractivity contribution is 7.99. The van der Waals surface area contributed by atoms with Crippen LogP contribution >= 0.6 is 35.0 Å². The van der Waals surface area contributed by atoms with Gasteiger partial charge in [-0.05, 0) is 42.7 Å². The molecule has 0 amide bonds. The van der Waals surface area contributed by atoms with Crippen molar-refractivity contribution < 1.29 is 0 Å². The summed E-state index contributed by atoms with van der Waals surface area (Å²) in [5.74, 6) is 1.36. The molecule has 0 saturated carbocycles. The number of rotatable bonds is 6. The van der Waals surface area contributed by atoms with Crippen molar-refractivity contribution in [3.8, 4) is 0 Å². The molecule has 1 heterocycles. The molecule has 2 rings (SSSR count). The third-order valence-corrected chi connectivity index (χ3v) is 6.15.